The Balaban J connectivity index is 0.00000132. The van der Waals surface area contributed by atoms with Crippen molar-refractivity contribution in [3.8, 4) is 0 Å². The lowest BCUT2D eigenvalue weighted by molar-refractivity contribution is 0.0470. The van der Waals surface area contributed by atoms with Gasteiger partial charge < -0.3 is 19.5 Å². The summed E-state index contributed by atoms with van der Waals surface area (Å²) in [6.07, 6.45) is 17.2. The van der Waals surface area contributed by atoms with E-state index in [2.05, 4.69) is 73.3 Å². The van der Waals surface area contributed by atoms with E-state index in [0.717, 1.165) is 25.0 Å². The van der Waals surface area contributed by atoms with Crippen LogP contribution in [0.25, 0.3) is 5.70 Å². The maximum absolute atomic E-state index is 12.8. The molecule has 3 heterocycles. The summed E-state index contributed by atoms with van der Waals surface area (Å²) in [5.41, 5.74) is 3.44. The zero-order chi connectivity index (χ0) is 22.4. The molecule has 0 radical (unpaired) electrons. The van der Waals surface area contributed by atoms with E-state index < -0.39 is 0 Å². The molecule has 1 aliphatic carbocycles. The highest BCUT2D eigenvalue weighted by atomic mass is 16.6. The lowest BCUT2D eigenvalue weighted by atomic mass is 9.79. The summed E-state index contributed by atoms with van der Waals surface area (Å²) in [4.78, 5) is 14.6. The SMILES string of the molecule is C/C=C1/NC2(CCN(C(=O)OCC3C=CC=CC3)C(C)C2)c2cccn2/C1=C/C.CC. The predicted octanol–water partition coefficient (Wildman–Crippen LogP) is 5.83. The Hall–Kier alpha value is -2.69. The third kappa shape index (κ3) is 4.51. The van der Waals surface area contributed by atoms with Gasteiger partial charge in [0, 0.05) is 30.4 Å². The fraction of sp³-hybridized carbons (Fsp3) is 0.500. The minimum absolute atomic E-state index is 0.0964. The van der Waals surface area contributed by atoms with Crippen LogP contribution in [-0.2, 0) is 10.3 Å². The summed E-state index contributed by atoms with van der Waals surface area (Å²) in [6, 6.07) is 4.41. The number of carbonyl (C=O) groups excluding carboxylic acids is 1. The van der Waals surface area contributed by atoms with E-state index in [1.165, 1.54) is 11.4 Å². The van der Waals surface area contributed by atoms with Crippen molar-refractivity contribution in [3.63, 3.8) is 0 Å². The van der Waals surface area contributed by atoms with E-state index in [-0.39, 0.29) is 23.6 Å². The molecule has 1 aromatic heterocycles. The maximum Gasteiger partial charge on any atom is 0.410 e. The van der Waals surface area contributed by atoms with Crippen LogP contribution in [-0.4, -0.2) is 34.8 Å². The molecule has 0 bridgehead atoms. The average molecular weight is 424 g/mol. The number of amides is 1. The molecular weight excluding hydrogens is 386 g/mol. The summed E-state index contributed by atoms with van der Waals surface area (Å²) in [6.45, 7) is 11.4. The zero-order valence-electron chi connectivity index (χ0n) is 19.6. The Morgan fingerprint density at radius 1 is 1.29 bits per heavy atom. The Kier molecular flexibility index (Phi) is 7.47. The number of hydrogen-bond donors (Lipinski definition) is 1. The van der Waals surface area contributed by atoms with Gasteiger partial charge in [-0.1, -0.05) is 50.3 Å². The number of nitrogens with zero attached hydrogens (tertiary/aromatic N) is 2. The second-order valence-electron chi connectivity index (χ2n) is 8.23. The number of ether oxygens (including phenoxy) is 1. The van der Waals surface area contributed by atoms with Crippen LogP contribution in [0.1, 0.15) is 59.6 Å². The van der Waals surface area contributed by atoms with E-state index >= 15 is 0 Å². The molecule has 0 saturated carbocycles. The Labute approximate surface area is 187 Å². The smallest absolute Gasteiger partial charge is 0.410 e. The van der Waals surface area contributed by atoms with Crippen LogP contribution in [0.4, 0.5) is 4.79 Å². The molecule has 3 aliphatic rings. The van der Waals surface area contributed by atoms with Crippen molar-refractivity contribution < 1.29 is 9.53 Å². The first kappa shape index (κ1) is 23.0. The Bertz CT molecular complexity index is 892. The molecular formula is C26H37N3O2. The normalized spacial score (nSPS) is 29.4. The van der Waals surface area contributed by atoms with Crippen LogP contribution in [0.2, 0.25) is 0 Å². The van der Waals surface area contributed by atoms with Gasteiger partial charge in [0.15, 0.2) is 0 Å². The molecule has 1 spiro atoms. The lowest BCUT2D eigenvalue weighted by Gasteiger charge is -2.49. The van der Waals surface area contributed by atoms with Gasteiger partial charge in [0.1, 0.15) is 0 Å². The van der Waals surface area contributed by atoms with E-state index in [1.54, 1.807) is 0 Å². The van der Waals surface area contributed by atoms with Crippen LogP contribution in [0.5, 0.6) is 0 Å². The predicted molar refractivity (Wildman–Crippen MR) is 127 cm³/mol. The van der Waals surface area contributed by atoms with Crippen molar-refractivity contribution >= 4 is 11.8 Å². The third-order valence-electron chi connectivity index (χ3n) is 6.39. The molecule has 31 heavy (non-hydrogen) atoms. The van der Waals surface area contributed by atoms with Gasteiger partial charge in [-0.25, -0.2) is 4.79 Å². The molecule has 3 unspecified atom stereocenters. The topological polar surface area (TPSA) is 46.5 Å². The van der Waals surface area contributed by atoms with Crippen molar-refractivity contribution in [2.45, 2.75) is 65.5 Å². The fourth-order valence-electron chi connectivity index (χ4n) is 4.89. The largest absolute Gasteiger partial charge is 0.449 e. The average Bonchev–Trinajstić information content (AvgIpc) is 3.30. The van der Waals surface area contributed by atoms with Crippen molar-refractivity contribution in [1.29, 1.82) is 0 Å². The van der Waals surface area contributed by atoms with Gasteiger partial charge in [0.05, 0.1) is 23.5 Å². The molecule has 1 N–H and O–H groups in total. The van der Waals surface area contributed by atoms with Crippen molar-refractivity contribution in [2.75, 3.05) is 13.2 Å². The number of hydrogen-bond acceptors (Lipinski definition) is 3. The molecule has 4 rings (SSSR count). The standard InChI is InChI=1S/C24H31N3O2.C2H6/c1-4-20-21(5-2)27-14-9-12-22(27)24(25-20)13-15-26(18(3)16-24)23(28)29-17-19-10-7-6-8-11-19;1-2/h4-10,12,14,18-19,25H,11,13,15-17H2,1-3H3;1-2H3/b20-4+,21-5+;. The van der Waals surface area contributed by atoms with Gasteiger partial charge in [-0.3, -0.25) is 0 Å². The third-order valence-corrected chi connectivity index (χ3v) is 6.39. The number of allylic oxidation sites excluding steroid dienone is 6. The summed E-state index contributed by atoms with van der Waals surface area (Å²) in [5.74, 6) is 0.287. The molecule has 2 aliphatic heterocycles. The number of fused-ring (bicyclic) bond motifs is 2. The molecule has 5 heteroatoms. The molecule has 5 nitrogen and oxygen atoms in total. The highest BCUT2D eigenvalue weighted by Crippen LogP contribution is 2.42. The second kappa shape index (κ2) is 10.1. The molecule has 1 aromatic rings. The number of aromatic nitrogens is 1. The quantitative estimate of drug-likeness (QED) is 0.651. The molecule has 3 atom stereocenters. The zero-order valence-corrected chi connectivity index (χ0v) is 19.6. The Morgan fingerprint density at radius 3 is 2.74 bits per heavy atom. The molecule has 1 saturated heterocycles. The van der Waals surface area contributed by atoms with Crippen molar-refractivity contribution in [3.05, 3.63) is 66.2 Å². The summed E-state index contributed by atoms with van der Waals surface area (Å²) >= 11 is 0. The van der Waals surface area contributed by atoms with Crippen molar-refractivity contribution in [1.82, 2.24) is 14.8 Å². The summed E-state index contributed by atoms with van der Waals surface area (Å²) < 4.78 is 7.94. The van der Waals surface area contributed by atoms with Gasteiger partial charge >= 0.3 is 6.09 Å². The number of rotatable bonds is 2. The number of carbonyl (C=O) groups is 1. The van der Waals surface area contributed by atoms with Crippen LogP contribution < -0.4 is 5.32 Å². The first-order valence-corrected chi connectivity index (χ1v) is 11.6. The number of piperidine rings is 1. The van der Waals surface area contributed by atoms with Crippen LogP contribution >= 0.6 is 0 Å². The monoisotopic (exact) mass is 423 g/mol. The highest BCUT2D eigenvalue weighted by Gasteiger charge is 2.46. The summed E-state index contributed by atoms with van der Waals surface area (Å²) in [5, 5.41) is 3.81. The molecule has 1 amide bonds. The van der Waals surface area contributed by atoms with Crippen LogP contribution in [0.3, 0.4) is 0 Å². The van der Waals surface area contributed by atoms with E-state index in [0.29, 0.717) is 13.2 Å². The lowest BCUT2D eigenvalue weighted by Crippen LogP contribution is -2.58. The Morgan fingerprint density at radius 2 is 2.10 bits per heavy atom. The second-order valence-corrected chi connectivity index (χ2v) is 8.23. The van der Waals surface area contributed by atoms with Crippen LogP contribution in [0.15, 0.2) is 60.5 Å². The highest BCUT2D eigenvalue weighted by molar-refractivity contribution is 5.69. The fourth-order valence-corrected chi connectivity index (χ4v) is 4.89. The van der Waals surface area contributed by atoms with Gasteiger partial charge in [0.2, 0.25) is 0 Å². The molecule has 1 fully saturated rings. The minimum Gasteiger partial charge on any atom is -0.449 e. The first-order chi connectivity index (χ1) is 15.1. The van der Waals surface area contributed by atoms with E-state index in [1.807, 2.05) is 30.9 Å². The van der Waals surface area contributed by atoms with E-state index in [9.17, 15) is 4.79 Å². The van der Waals surface area contributed by atoms with E-state index in [4.69, 9.17) is 4.74 Å². The summed E-state index contributed by atoms with van der Waals surface area (Å²) in [7, 11) is 0. The number of likely N-dealkylation sites (tertiary alicyclic amines) is 1. The van der Waals surface area contributed by atoms with Gasteiger partial charge in [-0.2, -0.15) is 0 Å². The van der Waals surface area contributed by atoms with Gasteiger partial charge in [-0.05, 0) is 52.2 Å². The van der Waals surface area contributed by atoms with Crippen molar-refractivity contribution in [2.24, 2.45) is 5.92 Å². The molecule has 168 valence electrons. The minimum atomic E-state index is -0.193. The van der Waals surface area contributed by atoms with Crippen LogP contribution in [0, 0.1) is 5.92 Å². The first-order valence-electron chi connectivity index (χ1n) is 11.6. The van der Waals surface area contributed by atoms with Gasteiger partial charge in [-0.15, -0.1) is 0 Å². The van der Waals surface area contributed by atoms with Gasteiger partial charge in [0.25, 0.3) is 0 Å². The molecule has 0 aromatic carbocycles. The maximum atomic E-state index is 12.8. The number of nitrogens with one attached hydrogen (secondary N) is 1.